The van der Waals surface area contributed by atoms with Gasteiger partial charge < -0.3 is 0 Å². The van der Waals surface area contributed by atoms with E-state index in [0.717, 1.165) is 0 Å². The van der Waals surface area contributed by atoms with Crippen molar-refractivity contribution in [3.05, 3.63) is 0 Å². The fourth-order valence-corrected chi connectivity index (χ4v) is 1.48. The Bertz CT molecular complexity index is 162. The van der Waals surface area contributed by atoms with Gasteiger partial charge in [-0.3, -0.25) is 0 Å². The third-order valence-electron chi connectivity index (χ3n) is 1.01. The quantitative estimate of drug-likeness (QED) is 0.359. The number of hydrogen-bond donors (Lipinski definition) is 2. The van der Waals surface area contributed by atoms with Crippen LogP contribution < -0.4 is 0 Å². The Morgan fingerprint density at radius 1 is 1.00 bits per heavy atom. The summed E-state index contributed by atoms with van der Waals surface area (Å²) >= 11 is -0.170. The number of carbonyl (C=O) groups is 2. The second-order valence-corrected chi connectivity index (χ2v) is 3.60. The van der Waals surface area contributed by atoms with Crippen molar-refractivity contribution < 1.29 is 25.2 Å². The van der Waals surface area contributed by atoms with Crippen molar-refractivity contribution in [1.29, 1.82) is 0 Å². The van der Waals surface area contributed by atoms with E-state index >= 15 is 0 Å². The zero-order valence-electron chi connectivity index (χ0n) is 5.84. The molecule has 8 heteroatoms. The summed E-state index contributed by atoms with van der Waals surface area (Å²) in [6.45, 7) is 0. The summed E-state index contributed by atoms with van der Waals surface area (Å²) in [6.07, 6.45) is -3.66. The molecule has 2 atom stereocenters. The van der Waals surface area contributed by atoms with Crippen molar-refractivity contribution in [3.8, 4) is 0 Å². The summed E-state index contributed by atoms with van der Waals surface area (Å²) in [5, 5.41) is 17.8. The summed E-state index contributed by atoms with van der Waals surface area (Å²) in [7, 11) is 0. The van der Waals surface area contributed by atoms with E-state index < -0.39 is 24.1 Å². The van der Waals surface area contributed by atoms with Gasteiger partial charge in [-0.05, 0) is 0 Å². The van der Waals surface area contributed by atoms with Gasteiger partial charge in [0.25, 0.3) is 0 Å². The topological polar surface area (TPSA) is 93.1 Å². The molecule has 0 aromatic rings. The molecule has 0 rings (SSSR count). The molecule has 2 N–H and O–H groups in total. The normalized spacial score (nSPS) is 14.3. The first-order valence-corrected chi connectivity index (χ1v) is 6.38. The Labute approximate surface area is 101 Å². The molecule has 0 aromatic carbocycles. The first-order valence-electron chi connectivity index (χ1n) is 2.71. The average molecular weight is 557 g/mol. The summed E-state index contributed by atoms with van der Waals surface area (Å²) in [4.78, 5) is 21.2. The van der Waals surface area contributed by atoms with Crippen LogP contribution in [0.15, 0.2) is 0 Å². The van der Waals surface area contributed by atoms with Crippen molar-refractivity contribution in [2.24, 2.45) is 0 Å². The number of carbonyl (C=O) groups excluding carboxylic acids is 2. The molecule has 6 nitrogen and oxygen atoms in total. The third-order valence-corrected chi connectivity index (χ3v) is 2.82. The van der Waals surface area contributed by atoms with Crippen LogP contribution in [0, 0.1) is 0 Å². The van der Waals surface area contributed by atoms with E-state index in [4.69, 9.17) is 10.2 Å². The molecule has 12 heavy (non-hydrogen) atoms. The molecular formula is C4H4O6Tl2. The number of hydrogen-bond acceptors (Lipinski definition) is 6. The Morgan fingerprint density at radius 3 is 1.42 bits per heavy atom. The van der Waals surface area contributed by atoms with Gasteiger partial charge in [-0.15, -0.1) is 0 Å². The van der Waals surface area contributed by atoms with Gasteiger partial charge >= 0.3 is 102 Å². The zero-order valence-corrected chi connectivity index (χ0v) is 14.8. The monoisotopic (exact) mass is 558 g/mol. The molecule has 0 aliphatic rings. The van der Waals surface area contributed by atoms with E-state index in [-0.39, 0.29) is 52.4 Å². The van der Waals surface area contributed by atoms with Gasteiger partial charge in [0.1, 0.15) is 0 Å². The van der Waals surface area contributed by atoms with Crippen molar-refractivity contribution in [2.45, 2.75) is 12.2 Å². The molecule has 0 bridgehead atoms. The molecule has 0 fully saturated rings. The molecule has 0 amide bonds. The molecular weight excluding hydrogens is 553 g/mol. The van der Waals surface area contributed by atoms with Gasteiger partial charge in [0.15, 0.2) is 0 Å². The van der Waals surface area contributed by atoms with Gasteiger partial charge in [0.05, 0.1) is 0 Å². The van der Waals surface area contributed by atoms with Crippen LogP contribution in [0.3, 0.4) is 0 Å². The summed E-state index contributed by atoms with van der Waals surface area (Å²) in [6, 6.07) is 0. The van der Waals surface area contributed by atoms with Crippen molar-refractivity contribution in [3.63, 3.8) is 0 Å². The van der Waals surface area contributed by atoms with E-state index in [2.05, 4.69) is 5.37 Å². The Kier molecular flexibility index (Phi) is 6.57. The van der Waals surface area contributed by atoms with Gasteiger partial charge in [0, 0.05) is 0 Å². The second-order valence-electron chi connectivity index (χ2n) is 1.76. The molecule has 0 spiro atoms. The molecule has 0 aliphatic heterocycles. The molecule has 2 unspecified atom stereocenters. The summed E-state index contributed by atoms with van der Waals surface area (Å²) in [5.74, 6) is -1.99. The second kappa shape index (κ2) is 6.20. The van der Waals surface area contributed by atoms with Crippen LogP contribution in [0.5, 0.6) is 0 Å². The molecule has 0 saturated carbocycles. The van der Waals surface area contributed by atoms with E-state index in [1.165, 1.54) is 0 Å². The Morgan fingerprint density at radius 2 is 1.25 bits per heavy atom. The first-order chi connectivity index (χ1) is 5.54. The fourth-order valence-electron chi connectivity index (χ4n) is 0.397. The van der Waals surface area contributed by atoms with Crippen LogP contribution in [0.4, 0.5) is 0 Å². The zero-order chi connectivity index (χ0) is 9.72. The van der Waals surface area contributed by atoms with Crippen molar-refractivity contribution in [2.75, 3.05) is 0 Å². The van der Waals surface area contributed by atoms with Crippen LogP contribution in [0.25, 0.3) is 0 Å². The van der Waals surface area contributed by atoms with Gasteiger partial charge in [0.2, 0.25) is 0 Å². The molecule has 0 saturated heterocycles. The van der Waals surface area contributed by atoms with Gasteiger partial charge in [-0.25, -0.2) is 0 Å². The van der Waals surface area contributed by atoms with Gasteiger partial charge in [-0.1, -0.05) is 0 Å². The van der Waals surface area contributed by atoms with Crippen LogP contribution >= 0.6 is 0 Å². The number of rotatable bonds is 3. The SMILES string of the molecule is O=C([O][Tl])C(O)C(O)C(=O)[O][Tl]. The van der Waals surface area contributed by atoms with Gasteiger partial charge in [-0.2, -0.15) is 0 Å². The van der Waals surface area contributed by atoms with Crippen LogP contribution in [-0.4, -0.2) is 86.8 Å². The van der Waals surface area contributed by atoms with Crippen LogP contribution in [0.2, 0.25) is 0 Å². The number of aliphatic hydroxyl groups excluding tert-OH is 2. The van der Waals surface area contributed by atoms with Crippen LogP contribution in [0.1, 0.15) is 0 Å². The third kappa shape index (κ3) is 3.61. The maximum atomic E-state index is 10.6. The Hall–Kier alpha value is 0.704. The van der Waals surface area contributed by atoms with Crippen LogP contribution in [-0.2, 0) is 15.0 Å². The van der Waals surface area contributed by atoms with E-state index in [9.17, 15) is 9.59 Å². The Balaban J connectivity index is 4.18. The predicted molar refractivity (Wildman–Crippen MR) is 35.7 cm³/mol. The summed E-state index contributed by atoms with van der Waals surface area (Å²) in [5.41, 5.74) is 0. The minimum atomic E-state index is -1.83. The first kappa shape index (κ1) is 12.7. The van der Waals surface area contributed by atoms with E-state index in [1.54, 1.807) is 0 Å². The molecule has 0 aromatic heterocycles. The summed E-state index contributed by atoms with van der Waals surface area (Å²) < 4.78 is 8.50. The van der Waals surface area contributed by atoms with E-state index in [0.29, 0.717) is 0 Å². The average Bonchev–Trinajstić information content (AvgIpc) is 2.12. The van der Waals surface area contributed by atoms with Crippen molar-refractivity contribution in [1.82, 2.24) is 0 Å². The number of aliphatic hydroxyl groups is 2. The van der Waals surface area contributed by atoms with E-state index in [1.807, 2.05) is 0 Å². The molecule has 0 heterocycles. The van der Waals surface area contributed by atoms with Crippen molar-refractivity contribution >= 4 is 64.4 Å². The predicted octanol–water partition coefficient (Wildman–Crippen LogP) is -3.04. The molecule has 0 radical (unpaired) electrons. The maximum absolute atomic E-state index is 10.6. The standard InChI is InChI=1S/C4H6O6.2Tl/c5-1(3(7)8)2(6)4(9)10;;/h1-2,5-6H,(H,7,8)(H,9,10);;/q;2*+1/p-2. The molecule has 62 valence electrons. The molecule has 0 aliphatic carbocycles. The fraction of sp³-hybridized carbons (Fsp3) is 0.500. The minimum absolute atomic E-state index is 0.0850.